The summed E-state index contributed by atoms with van der Waals surface area (Å²) in [5.74, 6) is -0.199. The van der Waals surface area contributed by atoms with Gasteiger partial charge in [-0.05, 0) is 30.2 Å². The van der Waals surface area contributed by atoms with Gasteiger partial charge in [0.2, 0.25) is 5.91 Å². The van der Waals surface area contributed by atoms with Crippen molar-refractivity contribution in [2.75, 3.05) is 25.0 Å². The van der Waals surface area contributed by atoms with E-state index >= 15 is 0 Å². The molecule has 2 atom stereocenters. The predicted molar refractivity (Wildman–Crippen MR) is 96.3 cm³/mol. The lowest BCUT2D eigenvalue weighted by molar-refractivity contribution is -0.137. The van der Waals surface area contributed by atoms with Gasteiger partial charge in [0, 0.05) is 25.3 Å². The Hall–Kier alpha value is -2.23. The number of hydrogen-bond acceptors (Lipinski definition) is 3. The van der Waals surface area contributed by atoms with Crippen LogP contribution in [0.2, 0.25) is 0 Å². The maximum atomic E-state index is 13.0. The van der Waals surface area contributed by atoms with Crippen LogP contribution in [-0.2, 0) is 31.0 Å². The monoisotopic (exact) mass is 410 g/mol. The van der Waals surface area contributed by atoms with Gasteiger partial charge < -0.3 is 9.45 Å². The number of nitrogens with zero attached hydrogens (tertiary/aromatic N) is 2. The summed E-state index contributed by atoms with van der Waals surface area (Å²) in [5, 5.41) is 0. The summed E-state index contributed by atoms with van der Waals surface area (Å²) in [6.45, 7) is -0.0295. The number of para-hydroxylation sites is 1. The Labute approximate surface area is 161 Å². The van der Waals surface area contributed by atoms with E-state index in [4.69, 9.17) is 0 Å². The number of halogens is 3. The number of rotatable bonds is 2. The number of carbonyl (C=O) groups is 1. The van der Waals surface area contributed by atoms with Crippen molar-refractivity contribution in [3.05, 3.63) is 59.7 Å². The second-order valence-corrected chi connectivity index (χ2v) is 9.02. The topological polar surface area (TPSA) is 63.7 Å². The second-order valence-electron chi connectivity index (χ2n) is 7.08. The van der Waals surface area contributed by atoms with E-state index in [-0.39, 0.29) is 25.4 Å². The zero-order valence-electron chi connectivity index (χ0n) is 14.9. The third kappa shape index (κ3) is 2.68. The fourth-order valence-electron chi connectivity index (χ4n) is 4.07. The van der Waals surface area contributed by atoms with Gasteiger partial charge in [-0.2, -0.15) is 13.2 Å². The van der Waals surface area contributed by atoms with Gasteiger partial charge >= 0.3 is 6.18 Å². The normalized spacial score (nSPS) is 24.6. The number of sulfonamides is 1. The number of benzene rings is 2. The molecule has 2 unspecified atom stereocenters. The van der Waals surface area contributed by atoms with Crippen LogP contribution >= 0.6 is 0 Å². The molecule has 2 aliphatic heterocycles. The lowest BCUT2D eigenvalue weighted by Gasteiger charge is -2.26. The van der Waals surface area contributed by atoms with Crippen molar-refractivity contribution in [1.82, 2.24) is 4.31 Å². The van der Waals surface area contributed by atoms with Crippen molar-refractivity contribution >= 4 is 22.0 Å². The van der Waals surface area contributed by atoms with Crippen LogP contribution in [0.3, 0.4) is 0 Å². The van der Waals surface area contributed by atoms with Crippen molar-refractivity contribution in [2.24, 2.45) is 0 Å². The van der Waals surface area contributed by atoms with Gasteiger partial charge in [-0.1, -0.05) is 28.5 Å². The van der Waals surface area contributed by atoms with E-state index in [9.17, 15) is 26.7 Å². The highest BCUT2D eigenvalue weighted by molar-refractivity contribution is 7.95. The van der Waals surface area contributed by atoms with E-state index in [1.165, 1.54) is 4.90 Å². The molecule has 5 nitrogen and oxygen atoms in total. The molecule has 2 aromatic rings. The van der Waals surface area contributed by atoms with Gasteiger partial charge in [0.25, 0.3) is 0 Å². The van der Waals surface area contributed by atoms with Crippen LogP contribution in [0.5, 0.6) is 0 Å². The molecular weight excluding hydrogens is 393 g/mol. The van der Waals surface area contributed by atoms with Crippen molar-refractivity contribution in [2.45, 2.75) is 22.9 Å². The quantitative estimate of drug-likeness (QED) is 0.714. The highest BCUT2D eigenvalue weighted by Gasteiger charge is 2.57. The molecule has 2 aromatic carbocycles. The van der Waals surface area contributed by atoms with E-state index in [0.717, 1.165) is 33.8 Å². The summed E-state index contributed by atoms with van der Waals surface area (Å²) < 4.78 is 66.0. The van der Waals surface area contributed by atoms with Crippen LogP contribution in [0.15, 0.2) is 53.4 Å². The van der Waals surface area contributed by atoms with Crippen LogP contribution in [0.1, 0.15) is 17.5 Å². The van der Waals surface area contributed by atoms with Crippen LogP contribution in [0.4, 0.5) is 18.9 Å². The number of carbonyl (C=O) groups excluding carboxylic acids is 1. The van der Waals surface area contributed by atoms with E-state index in [0.29, 0.717) is 6.07 Å². The first-order valence-electron chi connectivity index (χ1n) is 8.62. The number of likely N-dealkylation sites (N-methyl/N-ethyl adjacent to an activating group) is 1. The fourth-order valence-corrected chi connectivity index (χ4v) is 5.62. The third-order valence-electron chi connectivity index (χ3n) is 5.53. The Morgan fingerprint density at radius 2 is 1.86 bits per heavy atom. The number of alkyl halides is 3. The summed E-state index contributed by atoms with van der Waals surface area (Å²) in [4.78, 5) is 14.0. The Morgan fingerprint density at radius 1 is 1.14 bits per heavy atom. The molecule has 1 saturated heterocycles. The highest BCUT2D eigenvalue weighted by Crippen LogP contribution is 2.48. The average molecular weight is 410 g/mol. The fraction of sp³-hybridized carbons (Fsp3) is 0.316. The molecule has 0 N–H and O–H groups in total. The summed E-state index contributed by atoms with van der Waals surface area (Å²) in [7, 11) is -2.53. The van der Waals surface area contributed by atoms with Gasteiger partial charge in [0.1, 0.15) is 0 Å². The molecule has 9 heteroatoms. The predicted octanol–water partition coefficient (Wildman–Crippen LogP) is 3.23. The van der Waals surface area contributed by atoms with Crippen LogP contribution < -0.4 is 4.90 Å². The molecule has 0 bridgehead atoms. The van der Waals surface area contributed by atoms with E-state index in [1.807, 2.05) is 0 Å². The number of anilines is 1. The molecule has 1 amide bonds. The molecule has 0 radical (unpaired) electrons. The van der Waals surface area contributed by atoms with Crippen LogP contribution in [-0.4, -0.2) is 34.9 Å². The molecule has 0 saturated carbocycles. The summed E-state index contributed by atoms with van der Waals surface area (Å²) >= 11 is 0. The standard InChI is InChI=1S/C19H17F3N2O3S/c1-23-16-8-3-2-7-15(16)18(17(23)25)9-10-24(12-18)28(26,27)14-6-4-5-13(11-14)19(20,21)22/h2-8,11H,9-10,12H2,1H3. The van der Waals surface area contributed by atoms with Crippen molar-refractivity contribution in [3.8, 4) is 0 Å². The molecule has 148 valence electrons. The first-order valence-corrected chi connectivity index (χ1v) is 10.1. The van der Waals surface area contributed by atoms with Gasteiger partial charge in [0.05, 0.1) is 17.5 Å². The largest absolute Gasteiger partial charge is 0.593 e. The molecule has 2 aliphatic rings. The van der Waals surface area contributed by atoms with Crippen LogP contribution in [0.25, 0.3) is 0 Å². The van der Waals surface area contributed by atoms with E-state index < -0.39 is 32.4 Å². The SMILES string of the molecule is CN1C(=O)C2(CCN([S+](=O)([O-])c3cccc(C(F)(F)F)c3)C2)c2ccccc21. The smallest absolute Gasteiger partial charge is 0.416 e. The van der Waals surface area contributed by atoms with Gasteiger partial charge in [-0.25, -0.2) is 0 Å². The highest BCUT2D eigenvalue weighted by atomic mass is 32.3. The van der Waals surface area contributed by atoms with Gasteiger partial charge in [-0.15, -0.1) is 4.31 Å². The minimum atomic E-state index is -4.64. The van der Waals surface area contributed by atoms with Crippen molar-refractivity contribution in [1.29, 1.82) is 0 Å². The Morgan fingerprint density at radius 3 is 2.57 bits per heavy atom. The zero-order chi connectivity index (χ0) is 20.3. The maximum Gasteiger partial charge on any atom is 0.416 e. The number of amides is 1. The Kier molecular flexibility index (Phi) is 4.18. The van der Waals surface area contributed by atoms with Crippen molar-refractivity contribution in [3.63, 3.8) is 0 Å². The third-order valence-corrected chi connectivity index (χ3v) is 7.37. The Balaban J connectivity index is 1.70. The van der Waals surface area contributed by atoms with Crippen LogP contribution in [0, 0.1) is 0 Å². The zero-order valence-corrected chi connectivity index (χ0v) is 15.7. The molecule has 1 fully saturated rings. The molecular formula is C19H17F3N2O3S. The minimum Gasteiger partial charge on any atom is -0.593 e. The minimum absolute atomic E-state index is 0.0620. The lowest BCUT2D eigenvalue weighted by atomic mass is 9.81. The average Bonchev–Trinajstić information content (AvgIpc) is 3.20. The molecule has 0 aromatic heterocycles. The van der Waals surface area contributed by atoms with E-state index in [2.05, 4.69) is 0 Å². The summed E-state index contributed by atoms with van der Waals surface area (Å²) in [6, 6.07) is 10.9. The Bertz CT molecular complexity index is 1010. The van der Waals surface area contributed by atoms with Crippen molar-refractivity contribution < 1.29 is 26.7 Å². The molecule has 0 aliphatic carbocycles. The summed E-state index contributed by atoms with van der Waals surface area (Å²) in [6.07, 6.45) is -4.35. The number of fused-ring (bicyclic) bond motifs is 2. The second kappa shape index (κ2) is 6.13. The van der Waals surface area contributed by atoms with Gasteiger partial charge in [0.15, 0.2) is 15.3 Å². The van der Waals surface area contributed by atoms with Gasteiger partial charge in [-0.3, -0.25) is 4.79 Å². The molecule has 1 spiro atoms. The molecule has 28 heavy (non-hydrogen) atoms. The molecule has 4 rings (SSSR count). The number of hydrogen-bond donors (Lipinski definition) is 0. The first-order chi connectivity index (χ1) is 13.1. The first kappa shape index (κ1) is 19.1. The molecule has 2 heterocycles. The maximum absolute atomic E-state index is 13.0. The summed E-state index contributed by atoms with van der Waals surface area (Å²) in [5.41, 5.74) is -0.542. The van der Waals surface area contributed by atoms with E-state index in [1.54, 1.807) is 31.3 Å². The lowest BCUT2D eigenvalue weighted by Crippen LogP contribution is -2.43.